The van der Waals surface area contributed by atoms with Gasteiger partial charge in [-0.25, -0.2) is 0 Å². The van der Waals surface area contributed by atoms with E-state index in [1.807, 2.05) is 13.8 Å². The van der Waals surface area contributed by atoms with Gasteiger partial charge in [0.1, 0.15) is 12.4 Å². The van der Waals surface area contributed by atoms with Crippen LogP contribution >= 0.6 is 15.9 Å². The van der Waals surface area contributed by atoms with Crippen LogP contribution in [0, 0.1) is 0 Å². The molecule has 4 nitrogen and oxygen atoms in total. The average molecular weight is 403 g/mol. The Balaban J connectivity index is 2.25. The van der Waals surface area contributed by atoms with Crippen molar-refractivity contribution in [3.63, 3.8) is 0 Å². The summed E-state index contributed by atoms with van der Waals surface area (Å²) in [6.45, 7) is 12.3. The van der Waals surface area contributed by atoms with Gasteiger partial charge in [0.2, 0.25) is 0 Å². The predicted molar refractivity (Wildman–Crippen MR) is 99.4 cm³/mol. The van der Waals surface area contributed by atoms with E-state index in [2.05, 4.69) is 35.6 Å². The minimum atomic E-state index is -1.45. The molecule has 0 aliphatic heterocycles. The molecular weight excluding hydrogens is 376 g/mol. The third-order valence-electron chi connectivity index (χ3n) is 2.92. The molecule has 0 aromatic heterocycles. The van der Waals surface area contributed by atoms with Crippen molar-refractivity contribution in [2.24, 2.45) is 0 Å². The van der Waals surface area contributed by atoms with E-state index in [0.717, 1.165) is 5.75 Å². The maximum Gasteiger partial charge on any atom is 0.183 e. The first-order valence-electron chi connectivity index (χ1n) is 7.78. The zero-order chi connectivity index (χ0) is 17.5. The molecule has 0 aliphatic carbocycles. The number of rotatable bonds is 10. The van der Waals surface area contributed by atoms with Gasteiger partial charge >= 0.3 is 0 Å². The highest BCUT2D eigenvalue weighted by Crippen LogP contribution is 2.23. The Hall–Kier alpha value is -0.693. The predicted octanol–water partition coefficient (Wildman–Crippen LogP) is 4.29. The van der Waals surface area contributed by atoms with Crippen molar-refractivity contribution in [2.75, 3.05) is 26.4 Å². The molecule has 0 radical (unpaired) electrons. The highest BCUT2D eigenvalue weighted by atomic mass is 79.9. The molecule has 0 bridgehead atoms. The quantitative estimate of drug-likeness (QED) is 0.253. The number of ether oxygens (including phenoxy) is 2. The number of carbonyl (C=O) groups excluding carboxylic acids is 1. The fourth-order valence-electron chi connectivity index (χ4n) is 1.77. The van der Waals surface area contributed by atoms with Crippen LogP contribution in [0.3, 0.4) is 0 Å². The Morgan fingerprint density at radius 1 is 1.04 bits per heavy atom. The van der Waals surface area contributed by atoms with E-state index in [0.29, 0.717) is 32.0 Å². The number of hydrogen-bond donors (Lipinski definition) is 0. The molecule has 0 spiro atoms. The van der Waals surface area contributed by atoms with E-state index < -0.39 is 12.6 Å². The zero-order valence-electron chi connectivity index (χ0n) is 14.6. The van der Waals surface area contributed by atoms with Crippen LogP contribution in [0.15, 0.2) is 24.3 Å². The minimum absolute atomic E-state index is 0.0507. The number of carbonyl (C=O) groups is 1. The highest BCUT2D eigenvalue weighted by Gasteiger charge is 2.24. The van der Waals surface area contributed by atoms with E-state index >= 15 is 0 Å². The van der Waals surface area contributed by atoms with Crippen LogP contribution in [0.2, 0.25) is 19.6 Å². The summed E-state index contributed by atoms with van der Waals surface area (Å²) in [6, 6.07) is 7.17. The number of hydrogen-bond acceptors (Lipinski definition) is 4. The van der Waals surface area contributed by atoms with Crippen LogP contribution in [0.4, 0.5) is 0 Å². The van der Waals surface area contributed by atoms with Gasteiger partial charge in [-0.1, -0.05) is 15.9 Å². The zero-order valence-corrected chi connectivity index (χ0v) is 17.2. The van der Waals surface area contributed by atoms with Gasteiger partial charge in [-0.15, -0.1) is 0 Å². The average Bonchev–Trinajstić information content (AvgIpc) is 2.44. The highest BCUT2D eigenvalue weighted by molar-refractivity contribution is 9.10. The van der Waals surface area contributed by atoms with Gasteiger partial charge in [0, 0.05) is 5.56 Å². The van der Waals surface area contributed by atoms with Crippen molar-refractivity contribution in [1.82, 2.24) is 0 Å². The summed E-state index contributed by atoms with van der Waals surface area (Å²) in [6.07, 6.45) is 0. The first kappa shape index (κ1) is 20.4. The summed E-state index contributed by atoms with van der Waals surface area (Å²) >= 11 is 3.38. The Kier molecular flexibility index (Phi) is 7.93. The molecule has 0 aliphatic rings. The molecule has 6 heteroatoms. The van der Waals surface area contributed by atoms with Crippen molar-refractivity contribution in [3.05, 3.63) is 29.8 Å². The van der Waals surface area contributed by atoms with E-state index in [1.54, 1.807) is 24.3 Å². The molecule has 1 aromatic carbocycles. The lowest BCUT2D eigenvalue weighted by Gasteiger charge is -2.17. The van der Waals surface area contributed by atoms with E-state index in [9.17, 15) is 4.79 Å². The molecule has 0 N–H and O–H groups in total. The number of alkyl halides is 1. The second kappa shape index (κ2) is 8.96. The molecule has 0 unspecified atom stereocenters. The van der Waals surface area contributed by atoms with Crippen LogP contribution in [-0.4, -0.2) is 44.9 Å². The van der Waals surface area contributed by atoms with Gasteiger partial charge in [0.25, 0.3) is 0 Å². The van der Waals surface area contributed by atoms with E-state index in [1.165, 1.54) is 0 Å². The summed E-state index contributed by atoms with van der Waals surface area (Å²) < 4.78 is 16.2. The van der Waals surface area contributed by atoms with Crippen LogP contribution in [-0.2, 0) is 9.16 Å². The molecule has 0 fully saturated rings. The molecule has 0 saturated carbocycles. The number of benzene rings is 1. The smallest absolute Gasteiger partial charge is 0.183 e. The summed E-state index contributed by atoms with van der Waals surface area (Å²) in [4.78, 5) is 12.1. The van der Waals surface area contributed by atoms with Crippen molar-refractivity contribution < 1.29 is 18.7 Å². The molecular formula is C17H27BrO4Si. The van der Waals surface area contributed by atoms with Crippen molar-refractivity contribution in [1.29, 1.82) is 0 Å². The van der Waals surface area contributed by atoms with E-state index in [-0.39, 0.29) is 5.78 Å². The molecule has 23 heavy (non-hydrogen) atoms. The third-order valence-corrected chi connectivity index (χ3v) is 4.35. The monoisotopic (exact) mass is 402 g/mol. The Bertz CT molecular complexity index is 489. The fraction of sp³-hybridized carbons (Fsp3) is 0.588. The topological polar surface area (TPSA) is 44.8 Å². The molecule has 0 atom stereocenters. The van der Waals surface area contributed by atoms with Crippen molar-refractivity contribution >= 4 is 30.0 Å². The lowest BCUT2D eigenvalue weighted by molar-refractivity contribution is 0.0748. The summed E-state index contributed by atoms with van der Waals surface area (Å²) in [5.41, 5.74) is 0.666. The largest absolute Gasteiger partial charge is 0.491 e. The number of halogens is 1. The van der Waals surface area contributed by atoms with Gasteiger partial charge in [-0.2, -0.15) is 0 Å². The van der Waals surface area contributed by atoms with E-state index in [4.69, 9.17) is 13.9 Å². The van der Waals surface area contributed by atoms with Gasteiger partial charge in [-0.05, 0) is 57.8 Å². The SMILES string of the molecule is CC(C)(Br)C(=O)c1ccc(OCCOCCO[Si](C)(C)C)cc1. The van der Waals surface area contributed by atoms with Crippen molar-refractivity contribution in [2.45, 2.75) is 37.8 Å². The van der Waals surface area contributed by atoms with Gasteiger partial charge < -0.3 is 13.9 Å². The molecule has 130 valence electrons. The molecule has 1 rings (SSSR count). The van der Waals surface area contributed by atoms with Gasteiger partial charge in [-0.3, -0.25) is 4.79 Å². The van der Waals surface area contributed by atoms with Crippen molar-refractivity contribution in [3.8, 4) is 5.75 Å². The Labute approximate surface area is 148 Å². The maximum atomic E-state index is 12.1. The first-order chi connectivity index (χ1) is 10.6. The lowest BCUT2D eigenvalue weighted by atomic mass is 10.0. The van der Waals surface area contributed by atoms with Crippen LogP contribution in [0.5, 0.6) is 5.75 Å². The third kappa shape index (κ3) is 8.65. The fourth-order valence-corrected chi connectivity index (χ4v) is 2.70. The second-order valence-corrected chi connectivity index (χ2v) is 13.2. The summed E-state index contributed by atoms with van der Waals surface area (Å²) in [5.74, 6) is 0.783. The van der Waals surface area contributed by atoms with Gasteiger partial charge in [0.15, 0.2) is 14.1 Å². The molecule has 0 amide bonds. The minimum Gasteiger partial charge on any atom is -0.491 e. The summed E-state index contributed by atoms with van der Waals surface area (Å²) in [5, 5.41) is 0. The molecule has 0 heterocycles. The summed E-state index contributed by atoms with van der Waals surface area (Å²) in [7, 11) is -1.45. The van der Waals surface area contributed by atoms with Crippen LogP contribution < -0.4 is 4.74 Å². The number of Topliss-reactive ketones (excluding diaryl/α,β-unsaturated/α-hetero) is 1. The molecule has 1 aromatic rings. The normalized spacial score (nSPS) is 12.3. The van der Waals surface area contributed by atoms with Crippen LogP contribution in [0.25, 0.3) is 0 Å². The van der Waals surface area contributed by atoms with Gasteiger partial charge in [0.05, 0.1) is 24.1 Å². The first-order valence-corrected chi connectivity index (χ1v) is 12.0. The Morgan fingerprint density at radius 3 is 2.13 bits per heavy atom. The Morgan fingerprint density at radius 2 is 1.61 bits per heavy atom. The lowest BCUT2D eigenvalue weighted by Crippen LogP contribution is -2.27. The number of ketones is 1. The maximum absolute atomic E-state index is 12.1. The molecule has 0 saturated heterocycles. The van der Waals surface area contributed by atoms with Crippen LogP contribution in [0.1, 0.15) is 24.2 Å². The second-order valence-electron chi connectivity index (χ2n) is 6.75. The standard InChI is InChI=1S/C17H27BrO4Si/c1-17(2,18)16(19)14-6-8-15(9-7-14)21-12-10-20-11-13-22-23(3,4)5/h6-9H,10-13H2,1-5H3.